The minimum Gasteiger partial charge on any atom is -0.309 e. The fourth-order valence-corrected chi connectivity index (χ4v) is 4.39. The lowest BCUT2D eigenvalue weighted by atomic mass is 9.94. The topological polar surface area (TPSA) is 20.3 Å². The van der Waals surface area contributed by atoms with Crippen LogP contribution in [0.5, 0.6) is 0 Å². The number of hydrogen-bond acceptors (Lipinski definition) is 1. The molecule has 0 unspecified atom stereocenters. The molecule has 5 heteroatoms. The molecule has 1 fully saturated rings. The van der Waals surface area contributed by atoms with Crippen molar-refractivity contribution < 1.29 is 9.18 Å². The number of nitrogens with zero attached hydrogens (tertiary/aromatic N) is 1. The molecular formula is C15H16Br2FNO. The van der Waals surface area contributed by atoms with Crippen LogP contribution in [0.2, 0.25) is 0 Å². The molecule has 1 aromatic rings. The standard InChI is InChI=1S/C15H16Br2FNO/c1-9-3-4-10-7-11(18)5-6-12(10)19(9)13(20)14(2)8-15(14,16)17/h5-7,9H,3-4,8H2,1-2H3/t9-,14+/m1/s1. The summed E-state index contributed by atoms with van der Waals surface area (Å²) in [5.41, 5.74) is 1.35. The molecule has 0 aromatic heterocycles. The molecule has 1 aliphatic carbocycles. The predicted octanol–water partition coefficient (Wildman–Crippen LogP) is 4.39. The Morgan fingerprint density at radius 2 is 2.10 bits per heavy atom. The Morgan fingerprint density at radius 3 is 2.70 bits per heavy atom. The molecule has 1 aliphatic heterocycles. The van der Waals surface area contributed by atoms with Crippen LogP contribution in [0.15, 0.2) is 18.2 Å². The van der Waals surface area contributed by atoms with Crippen LogP contribution in [0.4, 0.5) is 10.1 Å². The zero-order chi connectivity index (χ0) is 14.7. The van der Waals surface area contributed by atoms with E-state index in [1.807, 2.05) is 11.8 Å². The summed E-state index contributed by atoms with van der Waals surface area (Å²) in [4.78, 5) is 14.8. The molecule has 20 heavy (non-hydrogen) atoms. The molecule has 0 bridgehead atoms. The minimum absolute atomic E-state index is 0.103. The number of carbonyl (C=O) groups is 1. The van der Waals surface area contributed by atoms with Crippen molar-refractivity contribution in [2.75, 3.05) is 4.90 Å². The average molecular weight is 405 g/mol. The average Bonchev–Trinajstić information content (AvgIpc) is 2.89. The lowest BCUT2D eigenvalue weighted by molar-refractivity contribution is -0.123. The van der Waals surface area contributed by atoms with E-state index in [0.29, 0.717) is 0 Å². The first kappa shape index (κ1) is 14.5. The van der Waals surface area contributed by atoms with Gasteiger partial charge in [0.2, 0.25) is 5.91 Å². The fraction of sp³-hybridized carbons (Fsp3) is 0.533. The lowest BCUT2D eigenvalue weighted by Gasteiger charge is -2.37. The molecule has 1 amide bonds. The van der Waals surface area contributed by atoms with Gasteiger partial charge in [0, 0.05) is 11.7 Å². The number of rotatable bonds is 1. The molecular weight excluding hydrogens is 389 g/mol. The van der Waals surface area contributed by atoms with Crippen LogP contribution in [0.1, 0.15) is 32.3 Å². The maximum atomic E-state index is 13.4. The summed E-state index contributed by atoms with van der Waals surface area (Å²) in [6, 6.07) is 4.86. The third kappa shape index (κ3) is 2.05. The van der Waals surface area contributed by atoms with Crippen molar-refractivity contribution in [3.8, 4) is 0 Å². The van der Waals surface area contributed by atoms with Crippen molar-refractivity contribution in [2.24, 2.45) is 5.41 Å². The van der Waals surface area contributed by atoms with Gasteiger partial charge in [-0.2, -0.15) is 0 Å². The van der Waals surface area contributed by atoms with Gasteiger partial charge in [-0.05, 0) is 56.9 Å². The smallest absolute Gasteiger partial charge is 0.235 e. The summed E-state index contributed by atoms with van der Waals surface area (Å²) < 4.78 is 13.1. The number of anilines is 1. The van der Waals surface area contributed by atoms with E-state index >= 15 is 0 Å². The highest BCUT2D eigenvalue weighted by molar-refractivity contribution is 9.25. The van der Waals surface area contributed by atoms with Crippen LogP contribution in [-0.4, -0.2) is 15.2 Å². The van der Waals surface area contributed by atoms with Gasteiger partial charge in [-0.1, -0.05) is 31.9 Å². The number of hydrogen-bond donors (Lipinski definition) is 0. The zero-order valence-corrected chi connectivity index (χ0v) is 14.6. The van der Waals surface area contributed by atoms with Gasteiger partial charge in [0.15, 0.2) is 0 Å². The Morgan fingerprint density at radius 1 is 1.45 bits per heavy atom. The molecule has 0 radical (unpaired) electrons. The summed E-state index contributed by atoms with van der Waals surface area (Å²) in [5, 5.41) is 0. The van der Waals surface area contributed by atoms with E-state index in [4.69, 9.17) is 0 Å². The second kappa shape index (κ2) is 4.54. The first-order chi connectivity index (χ1) is 9.26. The monoisotopic (exact) mass is 403 g/mol. The van der Waals surface area contributed by atoms with E-state index in [2.05, 4.69) is 38.8 Å². The molecule has 1 heterocycles. The largest absolute Gasteiger partial charge is 0.309 e. The second-order valence-electron chi connectivity index (χ2n) is 6.05. The van der Waals surface area contributed by atoms with Gasteiger partial charge in [-0.3, -0.25) is 4.79 Å². The minimum atomic E-state index is -0.440. The number of carbonyl (C=O) groups excluding carboxylic acids is 1. The third-order valence-electron chi connectivity index (χ3n) is 4.52. The predicted molar refractivity (Wildman–Crippen MR) is 85.0 cm³/mol. The Bertz CT molecular complexity index is 589. The molecule has 3 rings (SSSR count). The first-order valence-corrected chi connectivity index (χ1v) is 8.35. The normalized spacial score (nSPS) is 30.9. The van der Waals surface area contributed by atoms with Crippen molar-refractivity contribution in [3.05, 3.63) is 29.6 Å². The molecule has 2 nitrogen and oxygen atoms in total. The van der Waals surface area contributed by atoms with Crippen molar-refractivity contribution in [3.63, 3.8) is 0 Å². The highest BCUT2D eigenvalue weighted by atomic mass is 79.9. The Kier molecular flexibility index (Phi) is 3.29. The number of halogens is 3. The Labute approximate surface area is 135 Å². The van der Waals surface area contributed by atoms with Crippen LogP contribution in [0.3, 0.4) is 0 Å². The quantitative estimate of drug-likeness (QED) is 0.635. The van der Waals surface area contributed by atoms with Crippen molar-refractivity contribution in [1.29, 1.82) is 0 Å². The SMILES string of the molecule is C[C@@H]1CCc2cc(F)ccc2N1C(=O)[C@]1(C)CC1(Br)Br. The highest BCUT2D eigenvalue weighted by Crippen LogP contribution is 2.67. The molecule has 108 valence electrons. The van der Waals surface area contributed by atoms with Crippen LogP contribution < -0.4 is 4.90 Å². The number of amides is 1. The van der Waals surface area contributed by atoms with E-state index in [1.165, 1.54) is 6.07 Å². The maximum absolute atomic E-state index is 13.4. The van der Waals surface area contributed by atoms with Crippen molar-refractivity contribution >= 4 is 43.5 Å². The van der Waals surface area contributed by atoms with E-state index in [9.17, 15) is 9.18 Å². The third-order valence-corrected chi connectivity index (χ3v) is 6.83. The molecule has 0 N–H and O–H groups in total. The van der Waals surface area contributed by atoms with Gasteiger partial charge >= 0.3 is 0 Å². The first-order valence-electron chi connectivity index (χ1n) is 6.76. The molecule has 0 saturated heterocycles. The van der Waals surface area contributed by atoms with E-state index in [0.717, 1.165) is 30.5 Å². The number of benzene rings is 1. The van der Waals surface area contributed by atoms with Gasteiger partial charge in [0.1, 0.15) is 5.82 Å². The van der Waals surface area contributed by atoms with Gasteiger partial charge in [0.05, 0.1) is 8.65 Å². The van der Waals surface area contributed by atoms with Gasteiger partial charge in [-0.25, -0.2) is 4.39 Å². The summed E-state index contributed by atoms with van der Waals surface area (Å²) in [7, 11) is 0. The molecule has 2 aliphatic rings. The summed E-state index contributed by atoms with van der Waals surface area (Å²) in [5.74, 6) is -0.134. The van der Waals surface area contributed by atoms with Crippen molar-refractivity contribution in [1.82, 2.24) is 0 Å². The molecule has 1 saturated carbocycles. The summed E-state index contributed by atoms with van der Waals surface area (Å²) in [6.07, 6.45) is 2.46. The van der Waals surface area contributed by atoms with Gasteiger partial charge in [-0.15, -0.1) is 0 Å². The van der Waals surface area contributed by atoms with Crippen LogP contribution in [0.25, 0.3) is 0 Å². The zero-order valence-electron chi connectivity index (χ0n) is 11.4. The van der Waals surface area contributed by atoms with Crippen LogP contribution in [-0.2, 0) is 11.2 Å². The van der Waals surface area contributed by atoms with E-state index in [1.54, 1.807) is 12.1 Å². The van der Waals surface area contributed by atoms with Gasteiger partial charge in [0.25, 0.3) is 0 Å². The summed E-state index contributed by atoms with van der Waals surface area (Å²) in [6.45, 7) is 4.02. The molecule has 2 atom stereocenters. The van der Waals surface area contributed by atoms with Crippen LogP contribution >= 0.6 is 31.9 Å². The highest BCUT2D eigenvalue weighted by Gasteiger charge is 2.68. The summed E-state index contributed by atoms with van der Waals surface area (Å²) >= 11 is 7.11. The fourth-order valence-electron chi connectivity index (χ4n) is 2.93. The Balaban J connectivity index is 2.00. The second-order valence-corrected chi connectivity index (χ2v) is 9.82. The van der Waals surface area contributed by atoms with Gasteiger partial charge < -0.3 is 4.90 Å². The number of aryl methyl sites for hydroxylation is 1. The number of alkyl halides is 2. The maximum Gasteiger partial charge on any atom is 0.235 e. The molecule has 1 aromatic carbocycles. The lowest BCUT2D eigenvalue weighted by Crippen LogP contribution is -2.46. The van der Waals surface area contributed by atoms with Crippen LogP contribution in [0, 0.1) is 11.2 Å². The Hall–Kier alpha value is -0.420. The van der Waals surface area contributed by atoms with Crippen molar-refractivity contribution in [2.45, 2.75) is 42.4 Å². The van der Waals surface area contributed by atoms with E-state index < -0.39 is 5.41 Å². The molecule has 0 spiro atoms. The van der Waals surface area contributed by atoms with E-state index in [-0.39, 0.29) is 21.0 Å². The number of fused-ring (bicyclic) bond motifs is 1.